The number of ether oxygens (including phenoxy) is 4. The Morgan fingerprint density at radius 1 is 1.39 bits per heavy atom. The zero-order valence-corrected chi connectivity index (χ0v) is 19.2. The summed E-state index contributed by atoms with van der Waals surface area (Å²) in [5.74, 6) is 0.433. The number of aliphatic hydroxyl groups is 1. The van der Waals surface area contributed by atoms with Gasteiger partial charge in [0, 0.05) is 23.6 Å². The molecule has 2 unspecified atom stereocenters. The molecule has 9 heteroatoms. The number of benzene rings is 1. The Labute approximate surface area is 192 Å². The Morgan fingerprint density at radius 3 is 2.79 bits per heavy atom. The van der Waals surface area contributed by atoms with Crippen molar-refractivity contribution in [1.82, 2.24) is 5.32 Å². The molecular weight excluding hydrogens is 428 g/mol. The number of quaternary nitrogens is 1. The third-order valence-electron chi connectivity index (χ3n) is 5.89. The van der Waals surface area contributed by atoms with Crippen LogP contribution in [0.5, 0.6) is 17.2 Å². The van der Waals surface area contributed by atoms with Crippen molar-refractivity contribution >= 4 is 17.8 Å². The third kappa shape index (κ3) is 4.21. The summed E-state index contributed by atoms with van der Waals surface area (Å²) >= 11 is 0. The maximum atomic E-state index is 12.6. The summed E-state index contributed by atoms with van der Waals surface area (Å²) in [7, 11) is 1.54. The maximum Gasteiger partial charge on any atom is 0.375 e. The minimum Gasteiger partial charge on any atom is -0.496 e. The van der Waals surface area contributed by atoms with Crippen molar-refractivity contribution in [3.8, 4) is 17.2 Å². The zero-order valence-electron chi connectivity index (χ0n) is 19.2. The molecule has 2 atom stereocenters. The summed E-state index contributed by atoms with van der Waals surface area (Å²) < 4.78 is 22.8. The molecule has 1 aromatic rings. The number of esters is 1. The summed E-state index contributed by atoms with van der Waals surface area (Å²) in [5, 5.41) is 13.6. The summed E-state index contributed by atoms with van der Waals surface area (Å²) in [4.78, 5) is 26.0. The van der Waals surface area contributed by atoms with Crippen LogP contribution in [0.25, 0.3) is 5.57 Å². The highest BCUT2D eigenvalue weighted by atomic mass is 16.6. The fourth-order valence-corrected chi connectivity index (χ4v) is 4.18. The van der Waals surface area contributed by atoms with Crippen molar-refractivity contribution in [3.05, 3.63) is 47.0 Å². The topological polar surface area (TPSA) is 108 Å². The van der Waals surface area contributed by atoms with E-state index in [1.165, 1.54) is 7.11 Å². The van der Waals surface area contributed by atoms with Gasteiger partial charge in [0.25, 0.3) is 0 Å². The van der Waals surface area contributed by atoms with Crippen LogP contribution in [0.4, 0.5) is 0 Å². The van der Waals surface area contributed by atoms with Gasteiger partial charge in [-0.2, -0.15) is 0 Å². The predicted molar refractivity (Wildman–Crippen MR) is 119 cm³/mol. The van der Waals surface area contributed by atoms with Crippen LogP contribution in [0, 0.1) is 0 Å². The number of allylic oxidation sites excluding steroid dienone is 2. The standard InChI is InChI=1S/C24H28N2O7/c1-5-31-23(28)22-16(12-27)14(6-8-26-9-7-25-13-26)20-18(33-22)11-17-15(21(20)30-4)10-19(32-17)24(2,3)29/h6-7,9,11-12,19,25,29H,5,8,10,13H2,1-4H3/p+1. The molecule has 0 saturated carbocycles. The molecule has 3 aliphatic rings. The molecule has 3 heterocycles. The molecule has 3 N–H and O–H groups in total. The molecule has 3 aliphatic heterocycles. The van der Waals surface area contributed by atoms with Crippen LogP contribution in [0.15, 0.2) is 35.9 Å². The van der Waals surface area contributed by atoms with E-state index in [1.54, 1.807) is 26.8 Å². The average Bonchev–Trinajstić information content (AvgIpc) is 3.44. The van der Waals surface area contributed by atoms with Gasteiger partial charge in [-0.25, -0.2) is 4.79 Å². The van der Waals surface area contributed by atoms with Gasteiger partial charge >= 0.3 is 5.97 Å². The number of carbonyl (C=O) groups is 2. The number of rotatable bonds is 7. The largest absolute Gasteiger partial charge is 0.496 e. The Balaban J connectivity index is 1.87. The molecule has 0 fully saturated rings. The highest BCUT2D eigenvalue weighted by Crippen LogP contribution is 2.51. The van der Waals surface area contributed by atoms with Crippen LogP contribution in [0.2, 0.25) is 0 Å². The smallest absolute Gasteiger partial charge is 0.375 e. The number of methoxy groups -OCH3 is 1. The van der Waals surface area contributed by atoms with Crippen LogP contribution in [-0.2, 0) is 20.7 Å². The SMILES string of the molecule is CCOC(=O)C1=C(C=O)C(=CC[NH+]2C=CNC2)c2c(cc3c(c2OC)CC(C(C)(C)O)O3)O1. The summed E-state index contributed by atoms with van der Waals surface area (Å²) in [5.41, 5.74) is 0.908. The van der Waals surface area contributed by atoms with Gasteiger partial charge in [-0.05, 0) is 26.8 Å². The Hall–Kier alpha value is -3.30. The number of hydrogen-bond acceptors (Lipinski definition) is 8. The first-order valence-corrected chi connectivity index (χ1v) is 10.9. The molecule has 0 bridgehead atoms. The van der Waals surface area contributed by atoms with Crippen molar-refractivity contribution in [2.45, 2.75) is 38.9 Å². The number of aldehydes is 1. The summed E-state index contributed by atoms with van der Waals surface area (Å²) in [6.45, 7) is 6.46. The summed E-state index contributed by atoms with van der Waals surface area (Å²) in [6, 6.07) is 1.68. The lowest BCUT2D eigenvalue weighted by Crippen LogP contribution is -3.07. The van der Waals surface area contributed by atoms with Crippen molar-refractivity contribution in [1.29, 1.82) is 0 Å². The van der Waals surface area contributed by atoms with Crippen LogP contribution < -0.4 is 24.4 Å². The minimum absolute atomic E-state index is 0.104. The number of fused-ring (bicyclic) bond motifs is 2. The van der Waals surface area contributed by atoms with Gasteiger partial charge in [-0.1, -0.05) is 0 Å². The van der Waals surface area contributed by atoms with Gasteiger partial charge in [0.15, 0.2) is 13.0 Å². The van der Waals surface area contributed by atoms with Crippen LogP contribution in [0.1, 0.15) is 31.9 Å². The van der Waals surface area contributed by atoms with Gasteiger partial charge in [0.1, 0.15) is 36.1 Å². The first-order chi connectivity index (χ1) is 15.8. The van der Waals surface area contributed by atoms with Gasteiger partial charge in [-0.3, -0.25) is 9.69 Å². The number of carbonyl (C=O) groups excluding carboxylic acids is 2. The molecule has 0 aliphatic carbocycles. The molecule has 33 heavy (non-hydrogen) atoms. The number of hydrogen-bond donors (Lipinski definition) is 3. The van der Waals surface area contributed by atoms with E-state index < -0.39 is 17.7 Å². The van der Waals surface area contributed by atoms with Gasteiger partial charge in [-0.15, -0.1) is 0 Å². The Kier molecular flexibility index (Phi) is 6.18. The Morgan fingerprint density at radius 2 is 2.18 bits per heavy atom. The highest BCUT2D eigenvalue weighted by Gasteiger charge is 2.41. The van der Waals surface area contributed by atoms with Crippen LogP contribution >= 0.6 is 0 Å². The van der Waals surface area contributed by atoms with Crippen molar-refractivity contribution < 1.29 is 38.5 Å². The molecule has 9 nitrogen and oxygen atoms in total. The highest BCUT2D eigenvalue weighted by molar-refractivity contribution is 6.09. The Bertz CT molecular complexity index is 1070. The van der Waals surface area contributed by atoms with E-state index in [2.05, 4.69) is 5.32 Å². The predicted octanol–water partition coefficient (Wildman–Crippen LogP) is 0.478. The molecule has 0 radical (unpaired) electrons. The molecular formula is C24H29N2O7+. The fourth-order valence-electron chi connectivity index (χ4n) is 4.18. The quantitative estimate of drug-likeness (QED) is 0.401. The molecule has 0 aromatic heterocycles. The first-order valence-electron chi connectivity index (χ1n) is 10.9. The van der Waals surface area contributed by atoms with Crippen molar-refractivity contribution in [2.75, 3.05) is 26.9 Å². The van der Waals surface area contributed by atoms with E-state index in [0.717, 1.165) is 10.5 Å². The van der Waals surface area contributed by atoms with E-state index in [1.807, 2.05) is 18.5 Å². The van der Waals surface area contributed by atoms with Crippen LogP contribution in [-0.4, -0.2) is 56.0 Å². The van der Waals surface area contributed by atoms with Crippen LogP contribution in [0.3, 0.4) is 0 Å². The zero-order chi connectivity index (χ0) is 23.8. The second-order valence-electron chi connectivity index (χ2n) is 8.60. The van der Waals surface area contributed by atoms with Gasteiger partial charge in [0.2, 0.25) is 5.76 Å². The normalized spacial score (nSPS) is 22.3. The van der Waals surface area contributed by atoms with Crippen molar-refractivity contribution in [2.24, 2.45) is 0 Å². The van der Waals surface area contributed by atoms with E-state index in [4.69, 9.17) is 18.9 Å². The third-order valence-corrected chi connectivity index (χ3v) is 5.89. The molecule has 1 aromatic carbocycles. The van der Waals surface area contributed by atoms with Gasteiger partial charge < -0.3 is 29.4 Å². The maximum absolute atomic E-state index is 12.6. The van der Waals surface area contributed by atoms with Gasteiger partial charge in [0.05, 0.1) is 36.7 Å². The molecule has 0 saturated heterocycles. The molecule has 0 spiro atoms. The lowest BCUT2D eigenvalue weighted by molar-refractivity contribution is -0.836. The lowest BCUT2D eigenvalue weighted by atomic mass is 9.89. The molecule has 176 valence electrons. The van der Waals surface area contributed by atoms with Crippen molar-refractivity contribution in [3.63, 3.8) is 0 Å². The monoisotopic (exact) mass is 457 g/mol. The molecule has 4 rings (SSSR count). The first kappa shape index (κ1) is 22.9. The van der Waals surface area contributed by atoms with E-state index in [-0.39, 0.29) is 17.9 Å². The second-order valence-corrected chi connectivity index (χ2v) is 8.60. The summed E-state index contributed by atoms with van der Waals surface area (Å²) in [6.07, 6.45) is 6.30. The van der Waals surface area contributed by atoms with E-state index in [9.17, 15) is 14.7 Å². The van der Waals surface area contributed by atoms with E-state index >= 15 is 0 Å². The molecule has 0 amide bonds. The minimum atomic E-state index is -1.08. The second kappa shape index (κ2) is 8.92. The lowest BCUT2D eigenvalue weighted by Gasteiger charge is -2.25. The number of nitrogens with one attached hydrogen (secondary N) is 2. The fraction of sp³-hybridized carbons (Fsp3) is 0.417. The van der Waals surface area contributed by atoms with E-state index in [0.29, 0.717) is 54.3 Å². The average molecular weight is 458 g/mol.